The molecule has 0 aromatic heterocycles. The van der Waals surface area contributed by atoms with Crippen LogP contribution in [0.1, 0.15) is 128 Å². The molecule has 0 spiro atoms. The molecule has 1 aromatic rings. The summed E-state index contributed by atoms with van der Waals surface area (Å²) in [6.45, 7) is 8.25. The van der Waals surface area contributed by atoms with E-state index in [-0.39, 0.29) is 22.4 Å². The number of aliphatic hydroxyl groups is 2. The molecule has 5 heteroatoms. The lowest BCUT2D eigenvalue weighted by Crippen LogP contribution is -2.50. The van der Waals surface area contributed by atoms with E-state index in [9.17, 15) is 24.9 Å². The lowest BCUT2D eigenvalue weighted by Gasteiger charge is -2.52. The van der Waals surface area contributed by atoms with Crippen LogP contribution in [-0.4, -0.2) is 38.6 Å². The maximum absolute atomic E-state index is 12.8. The standard InChI is InChI=1S/C22H30O3.C20H24O2/c1-13(23)20(25)22(3)11-9-19-18-6-4-14-12-15(24)5-7-16(14)17(18)8-10-21(19,22)2;1-3-20(22)11-9-18-17-6-4-13-12-14(21)5-7-15(13)16(17)8-10-19(18,20)2/h12-13,18-19,23H,4-11H2,1-3H3;1,5,7,12,16-18,21-22H,4,6,8-11H2,2H3/t13-,18+,19-,21-,22+;16-,17-,18+,19+,20+/m01/s1. The quantitative estimate of drug-likeness (QED) is 0.288. The third-order valence-electron chi connectivity index (χ3n) is 15.4. The van der Waals surface area contributed by atoms with Crippen LogP contribution in [0.25, 0.3) is 0 Å². The molecule has 3 N–H and O–H groups in total. The molecule has 0 unspecified atom stereocenters. The lowest BCUT2D eigenvalue weighted by atomic mass is 9.51. The van der Waals surface area contributed by atoms with E-state index in [4.69, 9.17) is 6.42 Å². The van der Waals surface area contributed by atoms with E-state index in [0.29, 0.717) is 41.8 Å². The van der Waals surface area contributed by atoms with Crippen LogP contribution in [0.4, 0.5) is 0 Å². The first-order valence-electron chi connectivity index (χ1n) is 18.5. The number of aryl methyl sites for hydroxylation is 1. The molecular weight excluding hydrogens is 584 g/mol. The van der Waals surface area contributed by atoms with Crippen LogP contribution in [0.15, 0.2) is 41.0 Å². The number of phenolic OH excluding ortho intramolecular Hbond substituents is 1. The summed E-state index contributed by atoms with van der Waals surface area (Å²) in [5.41, 5.74) is 5.65. The van der Waals surface area contributed by atoms with E-state index in [1.54, 1.807) is 12.5 Å². The second-order valence-electron chi connectivity index (χ2n) is 17.0. The van der Waals surface area contributed by atoms with Gasteiger partial charge in [0.15, 0.2) is 11.6 Å². The number of Topliss-reactive ketones (excluding diaryl/α,β-unsaturated/α-hetero) is 1. The van der Waals surface area contributed by atoms with Crippen LogP contribution in [0, 0.1) is 52.3 Å². The number of rotatable bonds is 2. The van der Waals surface area contributed by atoms with Crippen LogP contribution >= 0.6 is 0 Å². The Morgan fingerprint density at radius 3 is 2.40 bits per heavy atom. The molecule has 4 saturated carbocycles. The van der Waals surface area contributed by atoms with Gasteiger partial charge < -0.3 is 15.3 Å². The van der Waals surface area contributed by atoms with Crippen molar-refractivity contribution in [1.29, 1.82) is 0 Å². The van der Waals surface area contributed by atoms with Gasteiger partial charge in [-0.3, -0.25) is 9.59 Å². The van der Waals surface area contributed by atoms with Crippen LogP contribution in [0.5, 0.6) is 5.75 Å². The average molecular weight is 639 g/mol. The van der Waals surface area contributed by atoms with Gasteiger partial charge in [-0.1, -0.05) is 38.3 Å². The first-order valence-corrected chi connectivity index (χ1v) is 18.5. The smallest absolute Gasteiger partial charge is 0.167 e. The SMILES string of the molecule is C#C[C@]1(O)CC[C@H]2[C@@H]3CCc4cc(O)ccc4[C@H]3CC[C@@]21C.C[C@H](O)C(=O)[C@@]1(C)CC[C@H]2[C@@H]3CCC4=CC(=O)CCC4=C3CC[C@@]21C. The van der Waals surface area contributed by atoms with Crippen molar-refractivity contribution in [2.75, 3.05) is 0 Å². The molecule has 5 nitrogen and oxygen atoms in total. The summed E-state index contributed by atoms with van der Waals surface area (Å²) in [6, 6.07) is 5.87. The number of terminal acetylenes is 1. The molecule has 0 amide bonds. The van der Waals surface area contributed by atoms with Gasteiger partial charge in [0.1, 0.15) is 17.5 Å². The molecule has 8 rings (SSSR count). The van der Waals surface area contributed by atoms with Gasteiger partial charge in [-0.25, -0.2) is 0 Å². The van der Waals surface area contributed by atoms with Gasteiger partial charge in [0.25, 0.3) is 0 Å². The maximum Gasteiger partial charge on any atom is 0.167 e. The van der Waals surface area contributed by atoms with Crippen LogP contribution in [0.2, 0.25) is 0 Å². The Balaban J connectivity index is 0.000000151. The van der Waals surface area contributed by atoms with Gasteiger partial charge in [-0.2, -0.15) is 0 Å². The topological polar surface area (TPSA) is 94.8 Å². The summed E-state index contributed by atoms with van der Waals surface area (Å²) in [4.78, 5) is 24.6. The molecule has 7 aliphatic carbocycles. The number of phenols is 1. The highest BCUT2D eigenvalue weighted by atomic mass is 16.3. The second-order valence-corrected chi connectivity index (χ2v) is 17.0. The molecule has 0 radical (unpaired) electrons. The maximum atomic E-state index is 12.8. The fraction of sp³-hybridized carbons (Fsp3) is 0.667. The molecule has 1 aromatic carbocycles. The predicted molar refractivity (Wildman–Crippen MR) is 183 cm³/mol. The molecule has 0 saturated heterocycles. The van der Waals surface area contributed by atoms with Crippen LogP contribution in [0.3, 0.4) is 0 Å². The molecule has 47 heavy (non-hydrogen) atoms. The van der Waals surface area contributed by atoms with Crippen molar-refractivity contribution in [3.05, 3.63) is 52.1 Å². The lowest BCUT2D eigenvalue weighted by molar-refractivity contribution is -0.144. The number of hydrogen-bond donors (Lipinski definition) is 3. The number of carbonyl (C=O) groups excluding carboxylic acids is 2. The van der Waals surface area contributed by atoms with E-state index in [1.807, 2.05) is 18.2 Å². The minimum Gasteiger partial charge on any atom is -0.508 e. The van der Waals surface area contributed by atoms with Crippen molar-refractivity contribution < 1.29 is 24.9 Å². The largest absolute Gasteiger partial charge is 0.508 e. The first-order chi connectivity index (χ1) is 22.3. The monoisotopic (exact) mass is 638 g/mol. The zero-order chi connectivity index (χ0) is 33.5. The highest BCUT2D eigenvalue weighted by Crippen LogP contribution is 2.67. The molecule has 0 aliphatic heterocycles. The highest BCUT2D eigenvalue weighted by Gasteiger charge is 2.63. The van der Waals surface area contributed by atoms with Gasteiger partial charge in [-0.05, 0) is 166 Å². The number of aliphatic hydroxyl groups excluding tert-OH is 1. The van der Waals surface area contributed by atoms with Crippen molar-refractivity contribution in [1.82, 2.24) is 0 Å². The zero-order valence-electron chi connectivity index (χ0n) is 28.9. The Morgan fingerprint density at radius 1 is 0.894 bits per heavy atom. The number of hydrogen-bond acceptors (Lipinski definition) is 5. The third-order valence-corrected chi connectivity index (χ3v) is 15.4. The first kappa shape index (κ1) is 32.8. The van der Waals surface area contributed by atoms with Gasteiger partial charge in [0.05, 0.1) is 0 Å². The molecule has 0 bridgehead atoms. The summed E-state index contributed by atoms with van der Waals surface area (Å²) in [5, 5.41) is 30.6. The second kappa shape index (κ2) is 11.4. The minimum absolute atomic E-state index is 0.0124. The fourth-order valence-electron chi connectivity index (χ4n) is 12.5. The van der Waals surface area contributed by atoms with E-state index in [0.717, 1.165) is 83.5 Å². The van der Waals surface area contributed by atoms with E-state index in [1.165, 1.54) is 22.3 Å². The van der Waals surface area contributed by atoms with E-state index in [2.05, 4.69) is 32.8 Å². The number of aromatic hydroxyl groups is 1. The number of allylic oxidation sites excluding steroid dienone is 4. The van der Waals surface area contributed by atoms with Crippen molar-refractivity contribution >= 4 is 11.6 Å². The van der Waals surface area contributed by atoms with E-state index >= 15 is 0 Å². The summed E-state index contributed by atoms with van der Waals surface area (Å²) < 4.78 is 0. The number of benzene rings is 1. The molecular formula is C42H54O5. The Hall–Kier alpha value is -2.68. The predicted octanol–water partition coefficient (Wildman–Crippen LogP) is 7.76. The molecule has 0 heterocycles. The molecule has 4 fully saturated rings. The Bertz CT molecular complexity index is 1590. The minimum atomic E-state index is -0.919. The van der Waals surface area contributed by atoms with E-state index < -0.39 is 17.1 Å². The van der Waals surface area contributed by atoms with Gasteiger partial charge >= 0.3 is 0 Å². The summed E-state index contributed by atoms with van der Waals surface area (Å²) >= 11 is 0. The third kappa shape index (κ3) is 4.79. The van der Waals surface area contributed by atoms with Crippen molar-refractivity contribution in [2.45, 2.75) is 135 Å². The molecule has 252 valence electrons. The van der Waals surface area contributed by atoms with Gasteiger partial charge in [-0.15, -0.1) is 6.42 Å². The number of carbonyl (C=O) groups is 2. The van der Waals surface area contributed by atoms with Crippen LogP contribution in [-0.2, 0) is 16.0 Å². The van der Waals surface area contributed by atoms with Crippen molar-refractivity contribution in [3.63, 3.8) is 0 Å². The molecule has 7 aliphatic rings. The summed E-state index contributed by atoms with van der Waals surface area (Å²) in [5.74, 6) is 6.25. The van der Waals surface area contributed by atoms with Gasteiger partial charge in [0, 0.05) is 17.3 Å². The molecule has 10 atom stereocenters. The average Bonchev–Trinajstić information content (AvgIpc) is 3.50. The fourth-order valence-corrected chi connectivity index (χ4v) is 12.5. The summed E-state index contributed by atoms with van der Waals surface area (Å²) in [7, 11) is 0. The highest BCUT2D eigenvalue weighted by molar-refractivity contribution is 5.93. The Kier molecular flexibility index (Phi) is 8.00. The van der Waals surface area contributed by atoms with Gasteiger partial charge in [0.2, 0.25) is 0 Å². The number of fused-ring (bicyclic) bond motifs is 9. The van der Waals surface area contributed by atoms with Crippen molar-refractivity contribution in [3.8, 4) is 18.1 Å². The Morgan fingerprint density at radius 2 is 1.66 bits per heavy atom. The normalized spacial score (nSPS) is 42.2. The van der Waals surface area contributed by atoms with Crippen molar-refractivity contribution in [2.24, 2.45) is 39.9 Å². The number of ketones is 2. The Labute approximate surface area is 281 Å². The summed E-state index contributed by atoms with van der Waals surface area (Å²) in [6.07, 6.45) is 20.6. The van der Waals surface area contributed by atoms with Crippen LogP contribution < -0.4 is 0 Å². The zero-order valence-corrected chi connectivity index (χ0v) is 28.9.